The predicted molar refractivity (Wildman–Crippen MR) is 53.5 cm³/mol. The van der Waals surface area contributed by atoms with Crippen LogP contribution in [-0.4, -0.2) is 11.3 Å². The van der Waals surface area contributed by atoms with E-state index in [1.165, 1.54) is 0 Å². The van der Waals surface area contributed by atoms with Crippen molar-refractivity contribution in [2.24, 2.45) is 0 Å². The number of ether oxygens (including phenoxy) is 1. The lowest BCUT2D eigenvalue weighted by molar-refractivity contribution is -0.276. The highest BCUT2D eigenvalue weighted by molar-refractivity contribution is 14.1. The molecule has 1 heterocycles. The fourth-order valence-electron chi connectivity index (χ4n) is 1.04. The van der Waals surface area contributed by atoms with Gasteiger partial charge in [-0.2, -0.15) is 13.2 Å². The molecule has 0 saturated heterocycles. The molecule has 102 valence electrons. The lowest BCUT2D eigenvalue weighted by Gasteiger charge is -2.16. The van der Waals surface area contributed by atoms with Crippen molar-refractivity contribution in [2.45, 2.75) is 19.2 Å². The zero-order valence-corrected chi connectivity index (χ0v) is 10.3. The second kappa shape index (κ2) is 5.05. The van der Waals surface area contributed by atoms with Gasteiger partial charge in [-0.25, -0.2) is 9.37 Å². The number of hydrogen-bond donors (Lipinski definition) is 0. The molecule has 0 aliphatic rings. The van der Waals surface area contributed by atoms with Gasteiger partial charge in [0.2, 0.25) is 0 Å². The summed E-state index contributed by atoms with van der Waals surface area (Å²) in [6.07, 6.45) is -10.4. The normalized spacial score (nSPS) is 12.7. The van der Waals surface area contributed by atoms with Gasteiger partial charge in [-0.15, -0.1) is 13.2 Å². The predicted octanol–water partition coefficient (Wildman–Crippen LogP) is 4.07. The highest BCUT2D eigenvalue weighted by Crippen LogP contribution is 2.40. The van der Waals surface area contributed by atoms with Crippen molar-refractivity contribution in [1.82, 2.24) is 4.98 Å². The Labute approximate surface area is 109 Å². The molecule has 2 nitrogen and oxygen atoms in total. The fraction of sp³-hybridized carbons (Fsp3) is 0.375. The third-order valence-electron chi connectivity index (χ3n) is 1.64. The molecule has 0 aromatic carbocycles. The van der Waals surface area contributed by atoms with Gasteiger partial charge in [0.1, 0.15) is 15.9 Å². The Kier molecular flexibility index (Phi) is 4.28. The minimum atomic E-state index is -5.29. The second-order valence-corrected chi connectivity index (χ2v) is 3.98. The van der Waals surface area contributed by atoms with E-state index in [1.54, 1.807) is 0 Å². The maximum Gasteiger partial charge on any atom is 0.573 e. The molecule has 0 radical (unpaired) electrons. The lowest BCUT2D eigenvalue weighted by Crippen LogP contribution is -2.22. The molecule has 1 aromatic heterocycles. The Balaban J connectivity index is 3.39. The molecular weight excluding hydrogens is 386 g/mol. The van der Waals surface area contributed by atoms with Crippen LogP contribution in [0.4, 0.5) is 30.7 Å². The number of rotatable bonds is 2. The Morgan fingerprint density at radius 2 is 1.72 bits per heavy atom. The van der Waals surface area contributed by atoms with E-state index in [1.807, 2.05) is 0 Å². The van der Waals surface area contributed by atoms with Gasteiger partial charge in [-0.1, -0.05) is 0 Å². The maximum absolute atomic E-state index is 12.5. The van der Waals surface area contributed by atoms with Crippen molar-refractivity contribution in [3.8, 4) is 5.75 Å². The van der Waals surface area contributed by atoms with Crippen LogP contribution >= 0.6 is 22.6 Å². The molecule has 0 amide bonds. The first-order chi connectivity index (χ1) is 8.04. The summed E-state index contributed by atoms with van der Waals surface area (Å²) in [5.41, 5.74) is -2.34. The van der Waals surface area contributed by atoms with Gasteiger partial charge < -0.3 is 4.74 Å². The first-order valence-electron chi connectivity index (χ1n) is 4.13. The molecule has 0 aliphatic carbocycles. The van der Waals surface area contributed by atoms with E-state index < -0.39 is 39.9 Å². The van der Waals surface area contributed by atoms with Gasteiger partial charge in [-0.05, 0) is 28.7 Å². The largest absolute Gasteiger partial charge is 0.573 e. The Morgan fingerprint density at radius 1 is 1.17 bits per heavy atom. The van der Waals surface area contributed by atoms with Crippen LogP contribution in [0.5, 0.6) is 5.75 Å². The van der Waals surface area contributed by atoms with Crippen molar-refractivity contribution >= 4 is 22.6 Å². The molecule has 1 rings (SSSR count). The zero-order valence-electron chi connectivity index (χ0n) is 8.16. The molecule has 0 aliphatic heterocycles. The average molecular weight is 389 g/mol. The van der Waals surface area contributed by atoms with E-state index >= 15 is 0 Å². The van der Waals surface area contributed by atoms with Crippen molar-refractivity contribution in [3.05, 3.63) is 21.0 Å². The van der Waals surface area contributed by atoms with Gasteiger partial charge in [-0.3, -0.25) is 0 Å². The van der Waals surface area contributed by atoms with Crippen molar-refractivity contribution in [1.29, 1.82) is 0 Å². The van der Waals surface area contributed by atoms with Crippen LogP contribution in [0.2, 0.25) is 0 Å². The molecular formula is C8H3F7INO. The summed E-state index contributed by atoms with van der Waals surface area (Å²) in [7, 11) is 0. The molecule has 18 heavy (non-hydrogen) atoms. The fourth-order valence-corrected chi connectivity index (χ4v) is 1.75. The Morgan fingerprint density at radius 3 is 2.11 bits per heavy atom. The molecule has 0 atom stereocenters. The SMILES string of the molecule is FCc1cc(C(F)(F)F)c(OC(F)(F)F)c(I)n1. The van der Waals surface area contributed by atoms with Crippen LogP contribution in [0.15, 0.2) is 6.07 Å². The minimum absolute atomic E-state index is 0.184. The summed E-state index contributed by atoms with van der Waals surface area (Å²) in [6, 6.07) is 0.184. The first-order valence-corrected chi connectivity index (χ1v) is 5.21. The van der Waals surface area contributed by atoms with Crippen LogP contribution in [0.25, 0.3) is 0 Å². The molecule has 0 N–H and O–H groups in total. The van der Waals surface area contributed by atoms with Crippen molar-refractivity contribution < 1.29 is 35.5 Å². The van der Waals surface area contributed by atoms with Gasteiger partial charge in [0, 0.05) is 0 Å². The summed E-state index contributed by atoms with van der Waals surface area (Å²) in [6.45, 7) is -1.33. The molecule has 0 bridgehead atoms. The number of pyridine rings is 1. The smallest absolute Gasteiger partial charge is 0.402 e. The van der Waals surface area contributed by atoms with Gasteiger partial charge in [0.05, 0.1) is 5.69 Å². The summed E-state index contributed by atoms with van der Waals surface area (Å²) in [5.74, 6) is -1.48. The molecule has 10 heteroatoms. The second-order valence-electron chi connectivity index (χ2n) is 2.96. The monoisotopic (exact) mass is 389 g/mol. The average Bonchev–Trinajstić information content (AvgIpc) is 2.17. The number of nitrogens with zero attached hydrogens (tertiary/aromatic N) is 1. The van der Waals surface area contributed by atoms with E-state index in [0.717, 1.165) is 22.6 Å². The number of alkyl halides is 7. The highest BCUT2D eigenvalue weighted by Gasteiger charge is 2.41. The van der Waals surface area contributed by atoms with Gasteiger partial charge >= 0.3 is 12.5 Å². The third-order valence-corrected chi connectivity index (χ3v) is 2.38. The van der Waals surface area contributed by atoms with Crippen LogP contribution in [0.3, 0.4) is 0 Å². The number of hydrogen-bond acceptors (Lipinski definition) is 2. The summed E-state index contributed by atoms with van der Waals surface area (Å²) >= 11 is 1.11. The quantitative estimate of drug-likeness (QED) is 0.432. The summed E-state index contributed by atoms with van der Waals surface area (Å²) < 4.78 is 88.3. The maximum atomic E-state index is 12.5. The van der Waals surface area contributed by atoms with E-state index in [-0.39, 0.29) is 6.07 Å². The van der Waals surface area contributed by atoms with Crippen LogP contribution < -0.4 is 4.74 Å². The van der Waals surface area contributed by atoms with E-state index in [0.29, 0.717) is 0 Å². The third kappa shape index (κ3) is 3.85. The number of aromatic nitrogens is 1. The van der Waals surface area contributed by atoms with Crippen molar-refractivity contribution in [2.75, 3.05) is 0 Å². The summed E-state index contributed by atoms with van der Waals surface area (Å²) in [4.78, 5) is 3.24. The van der Waals surface area contributed by atoms with Crippen LogP contribution in [0.1, 0.15) is 11.3 Å². The van der Waals surface area contributed by atoms with Crippen molar-refractivity contribution in [3.63, 3.8) is 0 Å². The highest BCUT2D eigenvalue weighted by atomic mass is 127. The van der Waals surface area contributed by atoms with Gasteiger partial charge in [0.25, 0.3) is 0 Å². The lowest BCUT2D eigenvalue weighted by atomic mass is 10.2. The van der Waals surface area contributed by atoms with Crippen LogP contribution in [0, 0.1) is 3.70 Å². The standard InChI is InChI=1S/C8H3F7INO/c9-2-3-1-4(7(10,11)12)5(6(16)17-3)18-8(13,14)15/h1H,2H2. The number of halogens is 8. The zero-order chi connectivity index (χ0) is 14.1. The first kappa shape index (κ1) is 15.2. The Bertz CT molecular complexity index is 442. The summed E-state index contributed by atoms with van der Waals surface area (Å²) in [5, 5.41) is 0. The minimum Gasteiger partial charge on any atom is -0.402 e. The van der Waals surface area contributed by atoms with Crippen LogP contribution in [-0.2, 0) is 12.9 Å². The van der Waals surface area contributed by atoms with E-state index in [4.69, 9.17) is 0 Å². The molecule has 0 spiro atoms. The Hall–Kier alpha value is -0.810. The molecule has 1 aromatic rings. The van der Waals surface area contributed by atoms with Gasteiger partial charge in [0.15, 0.2) is 5.75 Å². The van der Waals surface area contributed by atoms with E-state index in [2.05, 4.69) is 9.72 Å². The molecule has 0 fully saturated rings. The topological polar surface area (TPSA) is 22.1 Å². The van der Waals surface area contributed by atoms with E-state index in [9.17, 15) is 30.7 Å². The molecule has 0 unspecified atom stereocenters. The molecule has 0 saturated carbocycles.